The lowest BCUT2D eigenvalue weighted by Crippen LogP contribution is -1.93. The van der Waals surface area contributed by atoms with Crippen LogP contribution in [0.4, 0.5) is 4.39 Å². The van der Waals surface area contributed by atoms with E-state index in [1.807, 2.05) is 12.1 Å². The quantitative estimate of drug-likeness (QED) is 0.710. The molecule has 0 aliphatic heterocycles. The van der Waals surface area contributed by atoms with Gasteiger partial charge in [-0.25, -0.2) is 4.39 Å². The van der Waals surface area contributed by atoms with E-state index >= 15 is 0 Å². The van der Waals surface area contributed by atoms with Gasteiger partial charge in [0.1, 0.15) is 0 Å². The zero-order valence-electron chi connectivity index (χ0n) is 8.03. The lowest BCUT2D eigenvalue weighted by Gasteiger charge is -2.02. The maximum absolute atomic E-state index is 12.5. The van der Waals surface area contributed by atoms with Crippen molar-refractivity contribution in [2.45, 2.75) is 24.4 Å². The molecule has 0 bridgehead atoms. The summed E-state index contributed by atoms with van der Waals surface area (Å²) in [5.74, 6) is 0.781. The van der Waals surface area contributed by atoms with Crippen LogP contribution in [-0.4, -0.2) is 11.9 Å². The summed E-state index contributed by atoms with van der Waals surface area (Å²) in [4.78, 5) is 1.09. The van der Waals surface area contributed by atoms with Gasteiger partial charge in [0.2, 0.25) is 0 Å². The van der Waals surface area contributed by atoms with Gasteiger partial charge in [0.05, 0.1) is 17.8 Å². The minimum Gasteiger partial charge on any atom is -0.248 e. The standard InChI is InChI=1S/C11H12FNS/c1-9(12)6-7-14-11-4-2-10(8-13)3-5-11/h2-5,9H,6-7H2,1H3. The Balaban J connectivity index is 2.41. The smallest absolute Gasteiger partial charge is 0.0991 e. The summed E-state index contributed by atoms with van der Waals surface area (Å²) in [5, 5.41) is 8.57. The van der Waals surface area contributed by atoms with Crippen LogP contribution in [0.5, 0.6) is 0 Å². The molecular formula is C11H12FNS. The van der Waals surface area contributed by atoms with Crippen LogP contribution in [0.25, 0.3) is 0 Å². The molecule has 0 aliphatic rings. The van der Waals surface area contributed by atoms with Gasteiger partial charge in [-0.2, -0.15) is 5.26 Å². The van der Waals surface area contributed by atoms with Crippen molar-refractivity contribution in [1.29, 1.82) is 5.26 Å². The van der Waals surface area contributed by atoms with Crippen molar-refractivity contribution in [3.8, 4) is 6.07 Å². The molecule has 0 amide bonds. The van der Waals surface area contributed by atoms with E-state index in [1.165, 1.54) is 0 Å². The summed E-state index contributed by atoms with van der Waals surface area (Å²) in [5.41, 5.74) is 0.660. The Hall–Kier alpha value is -1.01. The largest absolute Gasteiger partial charge is 0.248 e. The average Bonchev–Trinajstić information content (AvgIpc) is 2.18. The Bertz CT molecular complexity index is 313. The Morgan fingerprint density at radius 2 is 2.07 bits per heavy atom. The summed E-state index contributed by atoms with van der Waals surface area (Å²) in [6, 6.07) is 9.41. The zero-order chi connectivity index (χ0) is 10.4. The molecule has 0 spiro atoms. The molecule has 0 aliphatic carbocycles. The normalized spacial score (nSPS) is 12.1. The second kappa shape index (κ2) is 5.66. The lowest BCUT2D eigenvalue weighted by atomic mass is 10.2. The highest BCUT2D eigenvalue weighted by molar-refractivity contribution is 7.99. The van der Waals surface area contributed by atoms with E-state index in [-0.39, 0.29) is 0 Å². The van der Waals surface area contributed by atoms with Crippen LogP contribution in [0.1, 0.15) is 18.9 Å². The summed E-state index contributed by atoms with van der Waals surface area (Å²) in [6.07, 6.45) is -0.161. The number of nitrogens with zero attached hydrogens (tertiary/aromatic N) is 1. The summed E-state index contributed by atoms with van der Waals surface area (Å²) in [7, 11) is 0. The Kier molecular flexibility index (Phi) is 4.48. The number of nitriles is 1. The van der Waals surface area contributed by atoms with Crippen LogP contribution in [0.3, 0.4) is 0 Å². The van der Waals surface area contributed by atoms with Gasteiger partial charge in [-0.05, 0) is 37.6 Å². The van der Waals surface area contributed by atoms with Gasteiger partial charge in [-0.3, -0.25) is 0 Å². The van der Waals surface area contributed by atoms with Gasteiger partial charge < -0.3 is 0 Å². The lowest BCUT2D eigenvalue weighted by molar-refractivity contribution is 0.355. The van der Waals surface area contributed by atoms with Crippen LogP contribution in [-0.2, 0) is 0 Å². The van der Waals surface area contributed by atoms with E-state index < -0.39 is 6.17 Å². The number of thioether (sulfide) groups is 1. The molecule has 1 rings (SSSR count). The highest BCUT2D eigenvalue weighted by atomic mass is 32.2. The molecule has 1 unspecified atom stereocenters. The molecule has 74 valence electrons. The molecule has 0 aromatic heterocycles. The molecule has 3 heteroatoms. The average molecular weight is 209 g/mol. The Morgan fingerprint density at radius 3 is 2.57 bits per heavy atom. The number of hydrogen-bond donors (Lipinski definition) is 0. The molecule has 1 nitrogen and oxygen atoms in total. The predicted octanol–water partition coefficient (Wildman–Crippen LogP) is 3.40. The van der Waals surface area contributed by atoms with Crippen molar-refractivity contribution in [2.75, 3.05) is 5.75 Å². The molecule has 0 saturated carbocycles. The molecule has 0 N–H and O–H groups in total. The minimum atomic E-state index is -0.735. The predicted molar refractivity (Wildman–Crippen MR) is 57.1 cm³/mol. The molecule has 0 heterocycles. The first kappa shape index (κ1) is 11.1. The summed E-state index contributed by atoms with van der Waals surface area (Å²) < 4.78 is 12.5. The van der Waals surface area contributed by atoms with Gasteiger partial charge in [-0.1, -0.05) is 0 Å². The molecule has 1 aromatic carbocycles. The first-order valence-corrected chi connectivity index (χ1v) is 5.48. The third kappa shape index (κ3) is 3.80. The second-order valence-electron chi connectivity index (χ2n) is 3.05. The van der Waals surface area contributed by atoms with Crippen LogP contribution >= 0.6 is 11.8 Å². The third-order valence-electron chi connectivity index (χ3n) is 1.77. The monoisotopic (exact) mass is 209 g/mol. The Labute approximate surface area is 87.9 Å². The van der Waals surface area contributed by atoms with Gasteiger partial charge >= 0.3 is 0 Å². The topological polar surface area (TPSA) is 23.8 Å². The first-order valence-electron chi connectivity index (χ1n) is 4.49. The maximum Gasteiger partial charge on any atom is 0.0991 e. The van der Waals surface area contributed by atoms with E-state index in [4.69, 9.17) is 5.26 Å². The molecular weight excluding hydrogens is 197 g/mol. The third-order valence-corrected chi connectivity index (χ3v) is 2.81. The van der Waals surface area contributed by atoms with E-state index in [9.17, 15) is 4.39 Å². The molecule has 1 aromatic rings. The first-order chi connectivity index (χ1) is 6.72. The van der Waals surface area contributed by atoms with Crippen LogP contribution in [0, 0.1) is 11.3 Å². The van der Waals surface area contributed by atoms with Crippen LogP contribution in [0.15, 0.2) is 29.2 Å². The molecule has 0 saturated heterocycles. The van der Waals surface area contributed by atoms with Crippen molar-refractivity contribution in [3.63, 3.8) is 0 Å². The maximum atomic E-state index is 12.5. The van der Waals surface area contributed by atoms with Gasteiger partial charge in [0.15, 0.2) is 0 Å². The van der Waals surface area contributed by atoms with E-state index in [0.717, 1.165) is 10.6 Å². The van der Waals surface area contributed by atoms with Crippen molar-refractivity contribution in [1.82, 2.24) is 0 Å². The van der Waals surface area contributed by atoms with Gasteiger partial charge in [0, 0.05) is 10.6 Å². The number of halogens is 1. The molecule has 1 atom stereocenters. The number of benzene rings is 1. The molecule has 14 heavy (non-hydrogen) atoms. The minimum absolute atomic E-state index is 0.574. The Morgan fingerprint density at radius 1 is 1.43 bits per heavy atom. The fraction of sp³-hybridized carbons (Fsp3) is 0.364. The summed E-state index contributed by atoms with van der Waals surface area (Å²) >= 11 is 1.62. The van der Waals surface area contributed by atoms with Crippen LogP contribution in [0.2, 0.25) is 0 Å². The number of alkyl halides is 1. The number of rotatable bonds is 4. The molecule has 0 radical (unpaired) electrons. The molecule has 0 fully saturated rings. The van der Waals surface area contributed by atoms with Crippen molar-refractivity contribution < 1.29 is 4.39 Å². The van der Waals surface area contributed by atoms with E-state index in [1.54, 1.807) is 30.8 Å². The van der Waals surface area contributed by atoms with E-state index in [2.05, 4.69) is 6.07 Å². The SMILES string of the molecule is CC(F)CCSc1ccc(C#N)cc1. The summed E-state index contributed by atoms with van der Waals surface area (Å²) in [6.45, 7) is 1.57. The van der Waals surface area contributed by atoms with Crippen LogP contribution < -0.4 is 0 Å². The van der Waals surface area contributed by atoms with Crippen molar-refractivity contribution in [2.24, 2.45) is 0 Å². The fourth-order valence-corrected chi connectivity index (χ4v) is 1.97. The highest BCUT2D eigenvalue weighted by Gasteiger charge is 1.99. The van der Waals surface area contributed by atoms with E-state index in [0.29, 0.717) is 12.0 Å². The number of hydrogen-bond acceptors (Lipinski definition) is 2. The fourth-order valence-electron chi connectivity index (χ4n) is 0.965. The highest BCUT2D eigenvalue weighted by Crippen LogP contribution is 2.19. The second-order valence-corrected chi connectivity index (χ2v) is 4.22. The van der Waals surface area contributed by atoms with Gasteiger partial charge in [0.25, 0.3) is 0 Å². The van der Waals surface area contributed by atoms with Crippen molar-refractivity contribution in [3.05, 3.63) is 29.8 Å². The van der Waals surface area contributed by atoms with Gasteiger partial charge in [-0.15, -0.1) is 11.8 Å². The van der Waals surface area contributed by atoms with Crippen molar-refractivity contribution >= 4 is 11.8 Å². The zero-order valence-corrected chi connectivity index (χ0v) is 8.85.